The normalized spacial score (nSPS) is 11.3. The summed E-state index contributed by atoms with van der Waals surface area (Å²) in [7, 11) is -3.70. The minimum Gasteiger partial charge on any atom is -0.280 e. The molecule has 0 amide bonds. The van der Waals surface area contributed by atoms with E-state index in [0.717, 1.165) is 24.1 Å². The highest BCUT2D eigenvalue weighted by Crippen LogP contribution is 2.17. The van der Waals surface area contributed by atoms with Gasteiger partial charge < -0.3 is 0 Å². The lowest BCUT2D eigenvalue weighted by molar-refractivity contribution is 0.599. The predicted octanol–water partition coefficient (Wildman–Crippen LogP) is 3.41. The molecule has 0 heterocycles. The molecule has 2 rings (SSSR count). The molecule has 0 saturated heterocycles. The van der Waals surface area contributed by atoms with Crippen molar-refractivity contribution in [2.24, 2.45) is 0 Å². The largest absolute Gasteiger partial charge is 0.280 e. The Labute approximate surface area is 122 Å². The maximum absolute atomic E-state index is 12.8. The van der Waals surface area contributed by atoms with Gasteiger partial charge in [0, 0.05) is 11.6 Å². The van der Waals surface area contributed by atoms with E-state index in [2.05, 4.69) is 4.72 Å². The third-order valence-electron chi connectivity index (χ3n) is 2.71. The number of halogens is 2. The van der Waals surface area contributed by atoms with Crippen LogP contribution in [0.5, 0.6) is 0 Å². The molecular weight excluding hydrogens is 301 g/mol. The van der Waals surface area contributed by atoms with Crippen molar-refractivity contribution >= 4 is 27.3 Å². The van der Waals surface area contributed by atoms with E-state index in [1.54, 1.807) is 12.1 Å². The summed E-state index contributed by atoms with van der Waals surface area (Å²) in [5, 5.41) is 0. The zero-order chi connectivity index (χ0) is 14.6. The Morgan fingerprint density at radius 2 is 1.60 bits per heavy atom. The molecule has 0 fully saturated rings. The van der Waals surface area contributed by atoms with Gasteiger partial charge in [0.1, 0.15) is 5.82 Å². The predicted molar refractivity (Wildman–Crippen MR) is 78.1 cm³/mol. The highest BCUT2D eigenvalue weighted by atomic mass is 35.5. The molecule has 20 heavy (non-hydrogen) atoms. The van der Waals surface area contributed by atoms with Crippen LogP contribution < -0.4 is 4.72 Å². The number of benzene rings is 2. The fourth-order valence-corrected chi connectivity index (χ4v) is 2.95. The van der Waals surface area contributed by atoms with Gasteiger partial charge in [-0.05, 0) is 48.4 Å². The van der Waals surface area contributed by atoms with Gasteiger partial charge in [-0.25, -0.2) is 12.8 Å². The van der Waals surface area contributed by atoms with E-state index in [-0.39, 0.29) is 4.90 Å². The van der Waals surface area contributed by atoms with E-state index >= 15 is 0 Å². The Morgan fingerprint density at radius 1 is 1.00 bits per heavy atom. The number of hydrogen-bond donors (Lipinski definition) is 1. The summed E-state index contributed by atoms with van der Waals surface area (Å²) in [5.41, 5.74) is 1.48. The lowest BCUT2D eigenvalue weighted by Crippen LogP contribution is -2.12. The molecule has 6 heteroatoms. The maximum Gasteiger partial charge on any atom is 0.261 e. The average Bonchev–Trinajstić information content (AvgIpc) is 2.41. The number of aryl methyl sites for hydroxylation is 1. The molecule has 0 aliphatic heterocycles. The second kappa shape index (κ2) is 6.24. The minimum atomic E-state index is -3.70. The highest BCUT2D eigenvalue weighted by Gasteiger charge is 2.13. The Kier molecular flexibility index (Phi) is 4.62. The lowest BCUT2D eigenvalue weighted by Gasteiger charge is -2.08. The molecule has 0 atom stereocenters. The van der Waals surface area contributed by atoms with Crippen LogP contribution in [0.15, 0.2) is 53.4 Å². The van der Waals surface area contributed by atoms with Crippen LogP contribution in [-0.2, 0) is 16.4 Å². The van der Waals surface area contributed by atoms with Gasteiger partial charge in [0.05, 0.1) is 4.90 Å². The van der Waals surface area contributed by atoms with Crippen LogP contribution in [0, 0.1) is 5.82 Å². The third kappa shape index (κ3) is 3.71. The lowest BCUT2D eigenvalue weighted by atomic mass is 10.2. The van der Waals surface area contributed by atoms with Crippen LogP contribution in [0.2, 0.25) is 0 Å². The van der Waals surface area contributed by atoms with Gasteiger partial charge in [-0.1, -0.05) is 12.1 Å². The molecule has 1 N–H and O–H groups in total. The number of nitrogens with one attached hydrogen (secondary N) is 1. The zero-order valence-electron chi connectivity index (χ0n) is 10.5. The van der Waals surface area contributed by atoms with E-state index in [1.165, 1.54) is 12.1 Å². The van der Waals surface area contributed by atoms with Crippen LogP contribution in [-0.4, -0.2) is 14.3 Å². The Hall–Kier alpha value is -1.59. The average molecular weight is 314 g/mol. The molecule has 0 bridgehead atoms. The number of rotatable bonds is 5. The highest BCUT2D eigenvalue weighted by molar-refractivity contribution is 7.92. The van der Waals surface area contributed by atoms with Gasteiger partial charge in [-0.2, -0.15) is 0 Å². The molecule has 3 nitrogen and oxygen atoms in total. The summed E-state index contributed by atoms with van der Waals surface area (Å²) in [6, 6.07) is 11.6. The van der Waals surface area contributed by atoms with E-state index in [1.807, 2.05) is 12.1 Å². The van der Waals surface area contributed by atoms with Crippen molar-refractivity contribution in [3.8, 4) is 0 Å². The molecular formula is C14H13ClFNO2S. The summed E-state index contributed by atoms with van der Waals surface area (Å²) >= 11 is 5.63. The molecule has 2 aromatic rings. The fourth-order valence-electron chi connectivity index (χ4n) is 1.68. The SMILES string of the molecule is O=S(=O)(Nc1ccc(CCCl)cc1)c1ccc(F)cc1. The van der Waals surface area contributed by atoms with Gasteiger partial charge >= 0.3 is 0 Å². The monoisotopic (exact) mass is 313 g/mol. The number of anilines is 1. The molecule has 0 radical (unpaired) electrons. The van der Waals surface area contributed by atoms with Crippen molar-refractivity contribution < 1.29 is 12.8 Å². The number of hydrogen-bond acceptors (Lipinski definition) is 2. The summed E-state index contributed by atoms with van der Waals surface area (Å²) in [6.45, 7) is 0. The standard InChI is InChI=1S/C14H13ClFNO2S/c15-10-9-11-1-5-13(6-2-11)17-20(18,19)14-7-3-12(16)4-8-14/h1-8,17H,9-10H2. The van der Waals surface area contributed by atoms with Crippen molar-refractivity contribution in [3.63, 3.8) is 0 Å². The minimum absolute atomic E-state index is 0.0173. The summed E-state index contributed by atoms with van der Waals surface area (Å²) < 4.78 is 39.4. The zero-order valence-corrected chi connectivity index (χ0v) is 12.1. The Balaban J connectivity index is 2.17. The van der Waals surface area contributed by atoms with Gasteiger partial charge in [0.2, 0.25) is 0 Å². The first-order chi connectivity index (χ1) is 9.51. The summed E-state index contributed by atoms with van der Waals surface area (Å²) in [5.74, 6) is 0.0371. The molecule has 0 spiro atoms. The van der Waals surface area contributed by atoms with Crippen molar-refractivity contribution in [3.05, 3.63) is 59.9 Å². The molecule has 2 aromatic carbocycles. The molecule has 0 aliphatic rings. The van der Waals surface area contributed by atoms with Gasteiger partial charge in [0.25, 0.3) is 10.0 Å². The first kappa shape index (κ1) is 14.8. The van der Waals surface area contributed by atoms with E-state index in [0.29, 0.717) is 11.6 Å². The van der Waals surface area contributed by atoms with Crippen LogP contribution in [0.1, 0.15) is 5.56 Å². The fraction of sp³-hybridized carbons (Fsp3) is 0.143. The van der Waals surface area contributed by atoms with Crippen molar-refractivity contribution in [2.75, 3.05) is 10.6 Å². The second-order valence-corrected chi connectivity index (χ2v) is 6.26. The molecule has 0 saturated carbocycles. The van der Waals surface area contributed by atoms with Crippen molar-refractivity contribution in [1.29, 1.82) is 0 Å². The summed E-state index contributed by atoms with van der Waals surface area (Å²) in [6.07, 6.45) is 0.729. The third-order valence-corrected chi connectivity index (χ3v) is 4.30. The number of alkyl halides is 1. The Morgan fingerprint density at radius 3 is 2.15 bits per heavy atom. The van der Waals surface area contributed by atoms with Gasteiger partial charge in [-0.15, -0.1) is 11.6 Å². The van der Waals surface area contributed by atoms with E-state index in [9.17, 15) is 12.8 Å². The molecule has 0 aliphatic carbocycles. The van der Waals surface area contributed by atoms with Gasteiger partial charge in [0.15, 0.2) is 0 Å². The van der Waals surface area contributed by atoms with E-state index in [4.69, 9.17) is 11.6 Å². The van der Waals surface area contributed by atoms with Crippen LogP contribution >= 0.6 is 11.6 Å². The second-order valence-electron chi connectivity index (χ2n) is 4.20. The van der Waals surface area contributed by atoms with Crippen LogP contribution in [0.25, 0.3) is 0 Å². The van der Waals surface area contributed by atoms with Crippen molar-refractivity contribution in [1.82, 2.24) is 0 Å². The maximum atomic E-state index is 12.8. The summed E-state index contributed by atoms with van der Waals surface area (Å²) in [4.78, 5) is 0.0173. The quantitative estimate of drug-likeness (QED) is 0.860. The first-order valence-corrected chi connectivity index (χ1v) is 7.96. The first-order valence-electron chi connectivity index (χ1n) is 5.94. The number of sulfonamides is 1. The molecule has 0 unspecified atom stereocenters. The van der Waals surface area contributed by atoms with Crippen molar-refractivity contribution in [2.45, 2.75) is 11.3 Å². The van der Waals surface area contributed by atoms with Gasteiger partial charge in [-0.3, -0.25) is 4.72 Å². The topological polar surface area (TPSA) is 46.2 Å². The molecule has 106 valence electrons. The van der Waals surface area contributed by atoms with Crippen LogP contribution in [0.4, 0.5) is 10.1 Å². The smallest absolute Gasteiger partial charge is 0.261 e. The Bertz CT molecular complexity index is 669. The van der Waals surface area contributed by atoms with Crippen LogP contribution in [0.3, 0.4) is 0 Å². The molecule has 0 aromatic heterocycles. The van der Waals surface area contributed by atoms with E-state index < -0.39 is 15.8 Å².